The molecule has 1 atom stereocenters. The van der Waals surface area contributed by atoms with Crippen LogP contribution in [0.5, 0.6) is 0 Å². The maximum absolute atomic E-state index is 14.0. The quantitative estimate of drug-likeness (QED) is 0.232. The van der Waals surface area contributed by atoms with Crippen LogP contribution in [-0.2, 0) is 0 Å². The Labute approximate surface area is 194 Å². The molecule has 0 aromatic heterocycles. The summed E-state index contributed by atoms with van der Waals surface area (Å²) in [5, 5.41) is 9.71. The van der Waals surface area contributed by atoms with Gasteiger partial charge in [-0.1, -0.05) is 24.3 Å². The maximum Gasteiger partial charge on any atom is 0.460 e. The molecule has 37 heavy (non-hydrogen) atoms. The van der Waals surface area contributed by atoms with Gasteiger partial charge in [-0.2, -0.15) is 74.6 Å². The van der Waals surface area contributed by atoms with Crippen molar-refractivity contribution in [1.82, 2.24) is 0 Å². The second-order valence-corrected chi connectivity index (χ2v) is 7.51. The van der Waals surface area contributed by atoms with E-state index in [9.17, 15) is 84.5 Å². The molecule has 0 saturated heterocycles. The minimum Gasteiger partial charge on any atom is -0.388 e. The highest BCUT2D eigenvalue weighted by Crippen LogP contribution is 2.64. The number of rotatable bonds is 10. The van der Waals surface area contributed by atoms with Crippen LogP contribution < -0.4 is 0 Å². The number of benzene rings is 1. The van der Waals surface area contributed by atoms with Crippen molar-refractivity contribution in [2.24, 2.45) is 0 Å². The zero-order chi connectivity index (χ0) is 29.8. The summed E-state index contributed by atoms with van der Waals surface area (Å²) in [6.45, 7) is 0.728. The van der Waals surface area contributed by atoms with Crippen molar-refractivity contribution in [3.8, 4) is 0 Å². The van der Waals surface area contributed by atoms with Gasteiger partial charge in [0.1, 0.15) is 0 Å². The first-order valence-electron chi connectivity index (χ1n) is 9.05. The molecule has 0 amide bonds. The van der Waals surface area contributed by atoms with Gasteiger partial charge in [0.25, 0.3) is 0 Å². The van der Waals surface area contributed by atoms with Gasteiger partial charge in [-0.25, -0.2) is 0 Å². The van der Waals surface area contributed by atoms with Crippen LogP contribution in [0.2, 0.25) is 0 Å². The van der Waals surface area contributed by atoms with Crippen molar-refractivity contribution >= 4 is 5.78 Å². The summed E-state index contributed by atoms with van der Waals surface area (Å²) >= 11 is 0. The smallest absolute Gasteiger partial charge is 0.388 e. The predicted octanol–water partition coefficient (Wildman–Crippen LogP) is 7.32. The third kappa shape index (κ3) is 4.71. The van der Waals surface area contributed by atoms with Crippen molar-refractivity contribution < 1.29 is 84.5 Å². The molecule has 0 radical (unpaired) electrons. The van der Waals surface area contributed by atoms with Gasteiger partial charge in [-0.3, -0.25) is 4.79 Å². The van der Waals surface area contributed by atoms with E-state index in [2.05, 4.69) is 0 Å². The number of Topliss-reactive ketones (excluding diaryl/α,β-unsaturated/α-hetero) is 1. The zero-order valence-electron chi connectivity index (χ0n) is 17.4. The monoisotopic (exact) mass is 582 g/mol. The van der Waals surface area contributed by atoms with Gasteiger partial charge in [-0.15, -0.1) is 0 Å². The molecule has 1 unspecified atom stereocenters. The third-order valence-corrected chi connectivity index (χ3v) is 4.94. The maximum atomic E-state index is 14.0. The van der Waals surface area contributed by atoms with E-state index >= 15 is 0 Å². The number of halogens is 17. The van der Waals surface area contributed by atoms with E-state index in [1.54, 1.807) is 0 Å². The number of aliphatic hydroxyl groups excluding tert-OH is 1. The number of carbonyl (C=O) groups excluding carboxylic acids is 1. The lowest BCUT2D eigenvalue weighted by atomic mass is 9.86. The molecule has 1 N–H and O–H groups in total. The van der Waals surface area contributed by atoms with E-state index in [1.165, 1.54) is 0 Å². The Morgan fingerprint density at radius 3 is 1.38 bits per heavy atom. The van der Waals surface area contributed by atoms with Crippen molar-refractivity contribution in [2.75, 3.05) is 0 Å². The molecule has 0 saturated carbocycles. The molecule has 1 rings (SSSR count). The predicted molar refractivity (Wildman–Crippen MR) is 86.7 cm³/mol. The molecule has 19 heteroatoms. The number of carbonyl (C=O) groups is 1. The number of hydrogen-bond acceptors (Lipinski definition) is 2. The molecule has 0 aliphatic rings. The van der Waals surface area contributed by atoms with Gasteiger partial charge in [0.05, 0.1) is 6.10 Å². The van der Waals surface area contributed by atoms with Gasteiger partial charge in [0, 0.05) is 12.0 Å². The standard InChI is InChI=1S/C18H11F17O2/c1-7(36)8-4-2-3-5-9(8)10(37)6-11(19,20)12(21,22)13(23,24)14(25,26)15(27,28)16(29,30)17(31,32)18(33,34)35/h2-5,10,37H,6H2,1H3. The topological polar surface area (TPSA) is 37.3 Å². The molecule has 0 aliphatic carbocycles. The molecule has 0 aliphatic heterocycles. The highest BCUT2D eigenvalue weighted by Gasteiger charge is 2.95. The Bertz CT molecular complexity index is 996. The average molecular weight is 582 g/mol. The molecular formula is C18H11F17O2. The molecule has 1 aromatic carbocycles. The van der Waals surface area contributed by atoms with Crippen molar-refractivity contribution in [3.05, 3.63) is 35.4 Å². The molecular weight excluding hydrogens is 571 g/mol. The summed E-state index contributed by atoms with van der Waals surface area (Å²) in [6, 6.07) is 3.25. The zero-order valence-corrected chi connectivity index (χ0v) is 17.4. The van der Waals surface area contributed by atoms with E-state index in [-0.39, 0.29) is 0 Å². The van der Waals surface area contributed by atoms with Crippen LogP contribution in [-0.4, -0.2) is 58.5 Å². The van der Waals surface area contributed by atoms with Crippen LogP contribution in [0, 0.1) is 0 Å². The van der Waals surface area contributed by atoms with Crippen LogP contribution in [0.4, 0.5) is 74.6 Å². The van der Waals surface area contributed by atoms with Crippen molar-refractivity contribution in [2.45, 2.75) is 67.1 Å². The third-order valence-electron chi connectivity index (χ3n) is 4.94. The van der Waals surface area contributed by atoms with Crippen molar-refractivity contribution in [1.29, 1.82) is 0 Å². The van der Waals surface area contributed by atoms with E-state index in [0.717, 1.165) is 25.1 Å². The average Bonchev–Trinajstić information content (AvgIpc) is 2.71. The van der Waals surface area contributed by atoms with Gasteiger partial charge >= 0.3 is 47.6 Å². The Kier molecular flexibility index (Phi) is 8.08. The summed E-state index contributed by atoms with van der Waals surface area (Å²) in [5.74, 6) is -58.4. The molecule has 1 aromatic rings. The second-order valence-electron chi connectivity index (χ2n) is 7.51. The Morgan fingerprint density at radius 2 is 1.00 bits per heavy atom. The highest BCUT2D eigenvalue weighted by atomic mass is 19.4. The summed E-state index contributed by atoms with van der Waals surface area (Å²) in [4.78, 5) is 11.4. The van der Waals surface area contributed by atoms with Gasteiger partial charge in [0.15, 0.2) is 5.78 Å². The number of ketones is 1. The van der Waals surface area contributed by atoms with E-state index in [1.807, 2.05) is 0 Å². The highest BCUT2D eigenvalue weighted by molar-refractivity contribution is 5.95. The van der Waals surface area contributed by atoms with Crippen LogP contribution >= 0.6 is 0 Å². The van der Waals surface area contributed by atoms with Crippen LogP contribution in [0.3, 0.4) is 0 Å². The molecule has 0 spiro atoms. The fraction of sp³-hybridized carbons (Fsp3) is 0.611. The fourth-order valence-electron chi connectivity index (χ4n) is 2.79. The lowest BCUT2D eigenvalue weighted by molar-refractivity contribution is -0.462. The SMILES string of the molecule is CC(=O)c1ccccc1C(O)CC(F)(F)C(F)(F)C(F)(F)C(F)(F)C(F)(F)C(F)(F)C(F)(F)C(F)(F)F. The Balaban J connectivity index is 3.59. The van der Waals surface area contributed by atoms with Crippen LogP contribution in [0.15, 0.2) is 24.3 Å². The molecule has 0 bridgehead atoms. The second kappa shape index (κ2) is 9.14. The van der Waals surface area contributed by atoms with Crippen molar-refractivity contribution in [3.63, 3.8) is 0 Å². The number of hydrogen-bond donors (Lipinski definition) is 1. The van der Waals surface area contributed by atoms with Gasteiger partial charge in [-0.05, 0) is 12.5 Å². The summed E-state index contributed by atoms with van der Waals surface area (Å²) in [5.41, 5.74) is -1.70. The first-order chi connectivity index (χ1) is 16.1. The number of aliphatic hydroxyl groups is 1. The van der Waals surface area contributed by atoms with Gasteiger partial charge in [0.2, 0.25) is 0 Å². The van der Waals surface area contributed by atoms with E-state index in [4.69, 9.17) is 0 Å². The lowest BCUT2D eigenvalue weighted by Gasteiger charge is -2.43. The first kappa shape index (κ1) is 32.7. The Morgan fingerprint density at radius 1 is 0.649 bits per heavy atom. The van der Waals surface area contributed by atoms with Crippen LogP contribution in [0.25, 0.3) is 0 Å². The largest absolute Gasteiger partial charge is 0.460 e. The van der Waals surface area contributed by atoms with Crippen LogP contribution in [0.1, 0.15) is 35.4 Å². The molecule has 0 heterocycles. The van der Waals surface area contributed by atoms with E-state index < -0.39 is 77.1 Å². The normalized spacial score (nSPS) is 16.1. The minimum atomic E-state index is -8.72. The molecule has 2 nitrogen and oxygen atoms in total. The summed E-state index contributed by atoms with van der Waals surface area (Å²) in [6.07, 6.45) is -14.0. The van der Waals surface area contributed by atoms with E-state index in [0.29, 0.717) is 6.07 Å². The minimum absolute atomic E-state index is 0.580. The fourth-order valence-corrected chi connectivity index (χ4v) is 2.79. The molecule has 0 fully saturated rings. The summed E-state index contributed by atoms with van der Waals surface area (Å²) < 4.78 is 226. The van der Waals surface area contributed by atoms with Gasteiger partial charge < -0.3 is 5.11 Å². The summed E-state index contributed by atoms with van der Waals surface area (Å²) in [7, 11) is 0. The molecule has 214 valence electrons. The lowest BCUT2D eigenvalue weighted by Crippen LogP contribution is -2.74. The first-order valence-corrected chi connectivity index (χ1v) is 9.05. The Hall–Kier alpha value is -2.34. The number of alkyl halides is 17.